The van der Waals surface area contributed by atoms with E-state index in [-0.39, 0.29) is 12.2 Å². The van der Waals surface area contributed by atoms with Crippen LogP contribution in [0.4, 0.5) is 5.69 Å². The van der Waals surface area contributed by atoms with Crippen LogP contribution in [0.15, 0.2) is 18.2 Å². The zero-order valence-corrected chi connectivity index (χ0v) is 12.0. The number of carboxylic acids is 1. The summed E-state index contributed by atoms with van der Waals surface area (Å²) in [5.41, 5.74) is 6.33. The topological polar surface area (TPSA) is 89.6 Å². The molecule has 106 valence electrons. The first kappa shape index (κ1) is 14.3. The Hall–Kier alpha value is -2.08. The average molecular weight is 293 g/mol. The van der Waals surface area contributed by atoms with E-state index >= 15 is 0 Å². The van der Waals surface area contributed by atoms with Crippen molar-refractivity contribution in [2.45, 2.75) is 13.3 Å². The van der Waals surface area contributed by atoms with Crippen molar-refractivity contribution < 1.29 is 19.4 Å². The second-order valence-corrected chi connectivity index (χ2v) is 5.69. The van der Waals surface area contributed by atoms with E-state index in [2.05, 4.69) is 0 Å². The lowest BCUT2D eigenvalue weighted by molar-refractivity contribution is -0.141. The number of fused-ring (bicyclic) bond motifs is 1. The highest BCUT2D eigenvalue weighted by Crippen LogP contribution is 2.34. The van der Waals surface area contributed by atoms with Crippen LogP contribution in [0.1, 0.15) is 23.0 Å². The number of carbonyl (C=O) groups excluding carboxylic acids is 1. The SMILES string of the molecule is COc1cc2sc(C(=O)C[C@H](C)C(=O)O)cc2cc1N. The van der Waals surface area contributed by atoms with Gasteiger partial charge in [-0.3, -0.25) is 9.59 Å². The molecule has 2 rings (SSSR count). The van der Waals surface area contributed by atoms with E-state index in [9.17, 15) is 9.59 Å². The van der Waals surface area contributed by atoms with Gasteiger partial charge in [-0.15, -0.1) is 11.3 Å². The molecule has 2 aromatic rings. The molecule has 0 saturated heterocycles. The minimum Gasteiger partial charge on any atom is -0.495 e. The van der Waals surface area contributed by atoms with Gasteiger partial charge in [-0.1, -0.05) is 6.92 Å². The number of benzene rings is 1. The number of Topliss-reactive ketones (excluding diaryl/α,β-unsaturated/α-hetero) is 1. The van der Waals surface area contributed by atoms with E-state index in [1.165, 1.54) is 25.4 Å². The first-order valence-electron chi connectivity index (χ1n) is 6.05. The Bertz CT molecular complexity index is 677. The van der Waals surface area contributed by atoms with Crippen LogP contribution >= 0.6 is 11.3 Å². The summed E-state index contributed by atoms with van der Waals surface area (Å²) in [6, 6.07) is 5.28. The summed E-state index contributed by atoms with van der Waals surface area (Å²) in [5.74, 6) is -1.26. The number of ether oxygens (including phenoxy) is 1. The standard InChI is InChI=1S/C14H15NO4S/c1-7(14(17)18)3-10(16)13-5-8-4-9(15)11(19-2)6-12(8)20-13/h4-7H,3,15H2,1-2H3,(H,17,18)/t7-/m0/s1. The molecule has 6 heteroatoms. The molecule has 1 aromatic carbocycles. The second-order valence-electron chi connectivity index (χ2n) is 4.61. The van der Waals surface area contributed by atoms with Gasteiger partial charge in [0.15, 0.2) is 5.78 Å². The lowest BCUT2D eigenvalue weighted by Gasteiger charge is -2.03. The number of nitrogens with two attached hydrogens (primary N) is 1. The summed E-state index contributed by atoms with van der Waals surface area (Å²) in [6.07, 6.45) is -0.00519. The summed E-state index contributed by atoms with van der Waals surface area (Å²) in [4.78, 5) is 23.4. The van der Waals surface area contributed by atoms with E-state index < -0.39 is 11.9 Å². The highest BCUT2D eigenvalue weighted by molar-refractivity contribution is 7.20. The molecule has 0 bridgehead atoms. The van der Waals surface area contributed by atoms with Gasteiger partial charge in [0, 0.05) is 17.2 Å². The largest absolute Gasteiger partial charge is 0.495 e. The smallest absolute Gasteiger partial charge is 0.306 e. The Morgan fingerprint density at radius 2 is 2.10 bits per heavy atom. The van der Waals surface area contributed by atoms with Crippen molar-refractivity contribution in [3.8, 4) is 5.75 Å². The van der Waals surface area contributed by atoms with Crippen LogP contribution in [0.25, 0.3) is 10.1 Å². The number of hydrogen-bond acceptors (Lipinski definition) is 5. The van der Waals surface area contributed by atoms with Gasteiger partial charge in [-0.2, -0.15) is 0 Å². The first-order valence-corrected chi connectivity index (χ1v) is 6.87. The number of ketones is 1. The number of carbonyl (C=O) groups is 2. The maximum atomic E-state index is 12.1. The molecule has 1 aromatic heterocycles. The fourth-order valence-electron chi connectivity index (χ4n) is 1.87. The molecule has 1 atom stereocenters. The summed E-state index contributed by atoms with van der Waals surface area (Å²) < 4.78 is 6.03. The molecule has 20 heavy (non-hydrogen) atoms. The number of hydrogen-bond donors (Lipinski definition) is 2. The van der Waals surface area contributed by atoms with Crippen LogP contribution in [0.5, 0.6) is 5.75 Å². The van der Waals surface area contributed by atoms with Crippen LogP contribution in [-0.4, -0.2) is 24.0 Å². The minimum absolute atomic E-state index is 0.00519. The van der Waals surface area contributed by atoms with Gasteiger partial charge in [0.05, 0.1) is 23.6 Å². The van der Waals surface area contributed by atoms with Gasteiger partial charge in [0.2, 0.25) is 0 Å². The second kappa shape index (κ2) is 5.50. The lowest BCUT2D eigenvalue weighted by atomic mass is 10.0. The lowest BCUT2D eigenvalue weighted by Crippen LogP contribution is -2.13. The highest BCUT2D eigenvalue weighted by atomic mass is 32.1. The molecule has 0 saturated carbocycles. The molecule has 0 aliphatic heterocycles. The molecular weight excluding hydrogens is 278 g/mol. The fraction of sp³-hybridized carbons (Fsp3) is 0.286. The fourth-order valence-corrected chi connectivity index (χ4v) is 2.89. The molecule has 0 radical (unpaired) electrons. The molecule has 0 fully saturated rings. The monoisotopic (exact) mass is 293 g/mol. The van der Waals surface area contributed by atoms with Crippen molar-refractivity contribution in [2.75, 3.05) is 12.8 Å². The number of carboxylic acid groups (broad SMARTS) is 1. The van der Waals surface area contributed by atoms with Crippen LogP contribution < -0.4 is 10.5 Å². The Morgan fingerprint density at radius 1 is 1.40 bits per heavy atom. The zero-order chi connectivity index (χ0) is 14.9. The molecule has 0 amide bonds. The quantitative estimate of drug-likeness (QED) is 0.653. The van der Waals surface area contributed by atoms with E-state index in [0.717, 1.165) is 10.1 Å². The van der Waals surface area contributed by atoms with Crippen LogP contribution in [-0.2, 0) is 4.79 Å². The third-order valence-corrected chi connectivity index (χ3v) is 4.20. The Morgan fingerprint density at radius 3 is 2.70 bits per heavy atom. The first-order chi connectivity index (χ1) is 9.42. The van der Waals surface area contributed by atoms with Crippen molar-refractivity contribution >= 4 is 38.9 Å². The third-order valence-electron chi connectivity index (χ3n) is 3.06. The molecule has 0 unspecified atom stereocenters. The minimum atomic E-state index is -0.967. The number of anilines is 1. The summed E-state index contributed by atoms with van der Waals surface area (Å²) in [5, 5.41) is 9.70. The molecule has 3 N–H and O–H groups in total. The van der Waals surface area contributed by atoms with Gasteiger partial charge in [-0.25, -0.2) is 0 Å². The van der Waals surface area contributed by atoms with Crippen LogP contribution in [0.3, 0.4) is 0 Å². The van der Waals surface area contributed by atoms with E-state index in [0.29, 0.717) is 16.3 Å². The highest BCUT2D eigenvalue weighted by Gasteiger charge is 2.19. The Kier molecular flexibility index (Phi) is 3.94. The van der Waals surface area contributed by atoms with E-state index in [4.69, 9.17) is 15.6 Å². The maximum Gasteiger partial charge on any atom is 0.306 e. The number of thiophene rings is 1. The summed E-state index contributed by atoms with van der Waals surface area (Å²) in [7, 11) is 1.53. The van der Waals surface area contributed by atoms with Crippen molar-refractivity contribution in [3.05, 3.63) is 23.1 Å². The van der Waals surface area contributed by atoms with Gasteiger partial charge in [-0.05, 0) is 17.5 Å². The molecule has 0 aliphatic rings. The van der Waals surface area contributed by atoms with E-state index in [1.54, 1.807) is 18.2 Å². The van der Waals surface area contributed by atoms with Crippen molar-refractivity contribution in [1.29, 1.82) is 0 Å². The van der Waals surface area contributed by atoms with Gasteiger partial charge >= 0.3 is 5.97 Å². The van der Waals surface area contributed by atoms with Gasteiger partial charge in [0.25, 0.3) is 0 Å². The zero-order valence-electron chi connectivity index (χ0n) is 11.2. The summed E-state index contributed by atoms with van der Waals surface area (Å²) in [6.45, 7) is 1.52. The molecular formula is C14H15NO4S. The number of nitrogen functional groups attached to an aromatic ring is 1. The Balaban J connectivity index is 2.32. The molecule has 0 aliphatic carbocycles. The molecule has 0 spiro atoms. The van der Waals surface area contributed by atoms with Crippen LogP contribution in [0, 0.1) is 5.92 Å². The maximum absolute atomic E-state index is 12.1. The van der Waals surface area contributed by atoms with Crippen molar-refractivity contribution in [2.24, 2.45) is 5.92 Å². The molecule has 5 nitrogen and oxygen atoms in total. The number of rotatable bonds is 5. The van der Waals surface area contributed by atoms with E-state index in [1.807, 2.05) is 0 Å². The third kappa shape index (κ3) is 2.75. The normalized spacial score (nSPS) is 12.3. The number of aliphatic carboxylic acids is 1. The van der Waals surface area contributed by atoms with Crippen molar-refractivity contribution in [3.63, 3.8) is 0 Å². The van der Waals surface area contributed by atoms with Crippen LogP contribution in [0.2, 0.25) is 0 Å². The predicted octanol–water partition coefficient (Wildman–Crippen LogP) is 2.79. The number of methoxy groups -OCH3 is 1. The van der Waals surface area contributed by atoms with Crippen molar-refractivity contribution in [1.82, 2.24) is 0 Å². The Labute approximate surface area is 120 Å². The predicted molar refractivity (Wildman–Crippen MR) is 78.5 cm³/mol. The average Bonchev–Trinajstić information content (AvgIpc) is 2.80. The molecule has 1 heterocycles. The summed E-state index contributed by atoms with van der Waals surface area (Å²) >= 11 is 1.32. The van der Waals surface area contributed by atoms with Gasteiger partial charge < -0.3 is 15.6 Å². The van der Waals surface area contributed by atoms with Gasteiger partial charge in [0.1, 0.15) is 5.75 Å².